The molecule has 5 heteroatoms. The highest BCUT2D eigenvalue weighted by atomic mass is 32.1. The Morgan fingerprint density at radius 1 is 1.14 bits per heavy atom. The third kappa shape index (κ3) is 4.04. The van der Waals surface area contributed by atoms with Crippen LogP contribution < -0.4 is 10.6 Å². The molecule has 1 unspecified atom stereocenters. The van der Waals surface area contributed by atoms with Crippen molar-refractivity contribution in [2.75, 3.05) is 10.6 Å². The van der Waals surface area contributed by atoms with Gasteiger partial charge in [-0.15, -0.1) is 11.3 Å². The number of benzene rings is 1. The van der Waals surface area contributed by atoms with Crippen LogP contribution in [0, 0.1) is 12.8 Å². The van der Waals surface area contributed by atoms with E-state index in [4.69, 9.17) is 0 Å². The Bertz CT molecular complexity index is 604. The first-order valence-corrected chi connectivity index (χ1v) is 7.92. The number of hydrogen-bond acceptors (Lipinski definition) is 4. The van der Waals surface area contributed by atoms with Gasteiger partial charge in [0.1, 0.15) is 0 Å². The molecule has 0 bridgehead atoms. The van der Waals surface area contributed by atoms with Gasteiger partial charge in [0.25, 0.3) is 0 Å². The molecule has 0 spiro atoms. The number of hydrogen-bond donors (Lipinski definition) is 2. The zero-order valence-electron chi connectivity index (χ0n) is 12.8. The maximum Gasteiger partial charge on any atom is 0.226 e. The molecule has 1 heterocycles. The number of nitrogens with one attached hydrogen (secondary N) is 2. The van der Waals surface area contributed by atoms with Crippen LogP contribution in [0.15, 0.2) is 29.8 Å². The highest BCUT2D eigenvalue weighted by molar-refractivity contribution is 7.09. The highest BCUT2D eigenvalue weighted by Crippen LogP contribution is 2.25. The van der Waals surface area contributed by atoms with Crippen molar-refractivity contribution in [1.82, 2.24) is 4.98 Å². The summed E-state index contributed by atoms with van der Waals surface area (Å²) in [4.78, 5) is 17.2. The van der Waals surface area contributed by atoms with E-state index in [0.717, 1.165) is 17.1 Å². The van der Waals surface area contributed by atoms with Gasteiger partial charge in [-0.2, -0.15) is 0 Å². The van der Waals surface area contributed by atoms with E-state index in [1.165, 1.54) is 4.88 Å². The van der Waals surface area contributed by atoms with Gasteiger partial charge < -0.3 is 10.6 Å². The lowest BCUT2D eigenvalue weighted by atomic mass is 10.2. The summed E-state index contributed by atoms with van der Waals surface area (Å²) in [6.45, 7) is 7.90. The second kappa shape index (κ2) is 6.72. The lowest BCUT2D eigenvalue weighted by molar-refractivity contribution is -0.118. The van der Waals surface area contributed by atoms with Crippen LogP contribution in [0.1, 0.15) is 37.4 Å². The standard InChI is InChI=1S/C16H21N3OS/c1-10(2)16(20)19-14-7-5-13(6-8-14)18-12(4)15-11(3)17-9-21-15/h5-10,12,18H,1-4H3,(H,19,20). The maximum atomic E-state index is 11.6. The van der Waals surface area contributed by atoms with Crippen molar-refractivity contribution in [2.45, 2.75) is 33.7 Å². The van der Waals surface area contributed by atoms with E-state index in [1.54, 1.807) is 11.3 Å². The van der Waals surface area contributed by atoms with Gasteiger partial charge in [-0.1, -0.05) is 13.8 Å². The monoisotopic (exact) mass is 303 g/mol. The Labute approximate surface area is 129 Å². The summed E-state index contributed by atoms with van der Waals surface area (Å²) in [6, 6.07) is 7.99. The fourth-order valence-electron chi connectivity index (χ4n) is 1.98. The molecule has 0 aliphatic carbocycles. The van der Waals surface area contributed by atoms with Crippen LogP contribution in [0.4, 0.5) is 11.4 Å². The molecule has 0 aliphatic heterocycles. The first-order valence-electron chi connectivity index (χ1n) is 7.05. The quantitative estimate of drug-likeness (QED) is 0.869. The Balaban J connectivity index is 1.99. The summed E-state index contributed by atoms with van der Waals surface area (Å²) in [7, 11) is 0. The number of anilines is 2. The normalized spacial score (nSPS) is 12.2. The highest BCUT2D eigenvalue weighted by Gasteiger charge is 2.11. The molecule has 2 rings (SSSR count). The largest absolute Gasteiger partial charge is 0.378 e. The van der Waals surface area contributed by atoms with Gasteiger partial charge in [0.15, 0.2) is 0 Å². The van der Waals surface area contributed by atoms with Crippen LogP contribution in [-0.2, 0) is 4.79 Å². The van der Waals surface area contributed by atoms with E-state index < -0.39 is 0 Å². The zero-order valence-corrected chi connectivity index (χ0v) is 13.6. The minimum Gasteiger partial charge on any atom is -0.378 e. The van der Waals surface area contributed by atoms with E-state index in [-0.39, 0.29) is 17.9 Å². The van der Waals surface area contributed by atoms with Crippen molar-refractivity contribution >= 4 is 28.6 Å². The minimum atomic E-state index is -0.0165. The van der Waals surface area contributed by atoms with Crippen molar-refractivity contribution in [3.05, 3.63) is 40.3 Å². The van der Waals surface area contributed by atoms with Crippen LogP contribution in [0.25, 0.3) is 0 Å². The predicted octanol–water partition coefficient (Wildman–Crippen LogP) is 4.22. The SMILES string of the molecule is Cc1ncsc1C(C)Nc1ccc(NC(=O)C(C)C)cc1. The van der Waals surface area contributed by atoms with Crippen molar-refractivity contribution in [2.24, 2.45) is 5.92 Å². The lowest BCUT2D eigenvalue weighted by Crippen LogP contribution is -2.17. The Kier molecular flexibility index (Phi) is 4.96. The van der Waals surface area contributed by atoms with Gasteiger partial charge in [-0.05, 0) is 38.1 Å². The van der Waals surface area contributed by atoms with Crippen LogP contribution in [0.5, 0.6) is 0 Å². The summed E-state index contributed by atoms with van der Waals surface area (Å²) >= 11 is 1.66. The van der Waals surface area contributed by atoms with Gasteiger partial charge in [0.2, 0.25) is 5.91 Å². The molecule has 0 saturated carbocycles. The number of rotatable bonds is 5. The van der Waals surface area contributed by atoms with Gasteiger partial charge in [-0.25, -0.2) is 4.98 Å². The van der Waals surface area contributed by atoms with Crippen molar-refractivity contribution in [1.29, 1.82) is 0 Å². The lowest BCUT2D eigenvalue weighted by Gasteiger charge is -2.15. The molecule has 1 aromatic carbocycles. The zero-order chi connectivity index (χ0) is 15.4. The second-order valence-corrected chi connectivity index (χ2v) is 6.28. The average molecular weight is 303 g/mol. The molecule has 1 amide bonds. The van der Waals surface area contributed by atoms with Crippen LogP contribution in [0.2, 0.25) is 0 Å². The number of amides is 1. The number of aryl methyl sites for hydroxylation is 1. The number of nitrogens with zero attached hydrogens (tertiary/aromatic N) is 1. The van der Waals surface area contributed by atoms with Crippen LogP contribution >= 0.6 is 11.3 Å². The first-order chi connectivity index (χ1) is 9.97. The van der Waals surface area contributed by atoms with E-state index in [1.807, 2.05) is 50.5 Å². The molecule has 0 fully saturated rings. The van der Waals surface area contributed by atoms with Gasteiger partial charge in [0, 0.05) is 22.2 Å². The molecule has 2 aromatic rings. The third-order valence-corrected chi connectivity index (χ3v) is 4.35. The smallest absolute Gasteiger partial charge is 0.226 e. The molecule has 0 radical (unpaired) electrons. The topological polar surface area (TPSA) is 54.0 Å². The minimum absolute atomic E-state index is 0.0165. The molecular formula is C16H21N3OS. The summed E-state index contributed by atoms with van der Waals surface area (Å²) in [5.41, 5.74) is 4.78. The molecule has 1 atom stereocenters. The Morgan fingerprint density at radius 3 is 2.29 bits per heavy atom. The predicted molar refractivity (Wildman–Crippen MR) is 88.8 cm³/mol. The summed E-state index contributed by atoms with van der Waals surface area (Å²) in [5, 5.41) is 6.33. The molecule has 0 saturated heterocycles. The third-order valence-electron chi connectivity index (χ3n) is 3.24. The molecule has 4 nitrogen and oxygen atoms in total. The number of carbonyl (C=O) groups is 1. The van der Waals surface area contributed by atoms with Crippen molar-refractivity contribution < 1.29 is 4.79 Å². The van der Waals surface area contributed by atoms with Gasteiger partial charge in [0.05, 0.1) is 17.2 Å². The number of aromatic nitrogens is 1. The molecule has 2 N–H and O–H groups in total. The van der Waals surface area contributed by atoms with E-state index >= 15 is 0 Å². The second-order valence-electron chi connectivity index (χ2n) is 5.39. The van der Waals surface area contributed by atoms with E-state index in [2.05, 4.69) is 22.5 Å². The van der Waals surface area contributed by atoms with E-state index in [0.29, 0.717) is 0 Å². The first kappa shape index (κ1) is 15.5. The van der Waals surface area contributed by atoms with E-state index in [9.17, 15) is 4.79 Å². The maximum absolute atomic E-state index is 11.6. The van der Waals surface area contributed by atoms with Crippen LogP contribution in [0.3, 0.4) is 0 Å². The summed E-state index contributed by atoms with van der Waals surface area (Å²) in [6.07, 6.45) is 0. The van der Waals surface area contributed by atoms with Crippen molar-refractivity contribution in [3.8, 4) is 0 Å². The van der Waals surface area contributed by atoms with Crippen molar-refractivity contribution in [3.63, 3.8) is 0 Å². The molecular weight excluding hydrogens is 282 g/mol. The molecule has 1 aromatic heterocycles. The summed E-state index contributed by atoms with van der Waals surface area (Å²) < 4.78 is 0. The summed E-state index contributed by atoms with van der Waals surface area (Å²) in [5.74, 6) is 0.0153. The molecule has 21 heavy (non-hydrogen) atoms. The number of thiazole rings is 1. The van der Waals surface area contributed by atoms with Gasteiger partial charge in [-0.3, -0.25) is 4.79 Å². The van der Waals surface area contributed by atoms with Crippen LogP contribution in [-0.4, -0.2) is 10.9 Å². The Morgan fingerprint density at radius 2 is 1.76 bits per heavy atom. The molecule has 0 aliphatic rings. The molecule has 112 valence electrons. The van der Waals surface area contributed by atoms with Gasteiger partial charge >= 0.3 is 0 Å². The fourth-order valence-corrected chi connectivity index (χ4v) is 2.79. The number of carbonyl (C=O) groups excluding carboxylic acids is 1. The average Bonchev–Trinajstić information content (AvgIpc) is 2.87. The fraction of sp³-hybridized carbons (Fsp3) is 0.375. The Hall–Kier alpha value is -1.88.